The fourth-order valence-corrected chi connectivity index (χ4v) is 1.94. The molecule has 0 saturated carbocycles. The van der Waals surface area contributed by atoms with Gasteiger partial charge in [-0.05, 0) is 53.2 Å². The Bertz CT molecular complexity index is 552. The molecule has 0 aliphatic heterocycles. The third-order valence-corrected chi connectivity index (χ3v) is 3.27. The highest BCUT2D eigenvalue weighted by Gasteiger charge is 2.13. The first kappa shape index (κ1) is 12.7. The van der Waals surface area contributed by atoms with Gasteiger partial charge >= 0.3 is 0 Å². The van der Waals surface area contributed by atoms with Gasteiger partial charge in [0.05, 0.1) is 12.3 Å². The lowest BCUT2D eigenvalue weighted by Gasteiger charge is -2.11. The van der Waals surface area contributed by atoms with Crippen molar-refractivity contribution >= 4 is 27.5 Å². The number of amides is 1. The van der Waals surface area contributed by atoms with E-state index in [4.69, 9.17) is 10.2 Å². The highest BCUT2D eigenvalue weighted by molar-refractivity contribution is 9.10. The zero-order valence-corrected chi connectivity index (χ0v) is 11.4. The summed E-state index contributed by atoms with van der Waals surface area (Å²) in [5, 5.41) is 2.85. The van der Waals surface area contributed by atoms with Gasteiger partial charge in [0.1, 0.15) is 5.76 Å². The van der Waals surface area contributed by atoms with Crippen LogP contribution in [-0.4, -0.2) is 5.91 Å². The maximum atomic E-state index is 12.0. The van der Waals surface area contributed by atoms with Crippen LogP contribution in [0.3, 0.4) is 0 Å². The average molecular weight is 309 g/mol. The summed E-state index contributed by atoms with van der Waals surface area (Å²) in [6, 6.07) is 8.51. The molecule has 0 aliphatic carbocycles. The smallest absolute Gasteiger partial charge is 0.251 e. The zero-order valence-electron chi connectivity index (χ0n) is 9.81. The second-order valence-electron chi connectivity index (χ2n) is 3.95. The van der Waals surface area contributed by atoms with Crippen molar-refractivity contribution in [1.29, 1.82) is 0 Å². The Morgan fingerprint density at radius 1 is 1.44 bits per heavy atom. The van der Waals surface area contributed by atoms with Crippen LogP contribution in [0, 0.1) is 0 Å². The molecule has 1 heterocycles. The molecule has 0 saturated heterocycles. The number of furan rings is 1. The van der Waals surface area contributed by atoms with Crippen LogP contribution < -0.4 is 11.1 Å². The summed E-state index contributed by atoms with van der Waals surface area (Å²) in [7, 11) is 0. The van der Waals surface area contributed by atoms with Crippen molar-refractivity contribution in [2.45, 2.75) is 13.0 Å². The molecule has 1 aromatic heterocycles. The van der Waals surface area contributed by atoms with Crippen molar-refractivity contribution in [3.05, 3.63) is 52.4 Å². The summed E-state index contributed by atoms with van der Waals surface area (Å²) in [6.07, 6.45) is 1.58. The Hall–Kier alpha value is -1.75. The van der Waals surface area contributed by atoms with Gasteiger partial charge in [0, 0.05) is 15.7 Å². The van der Waals surface area contributed by atoms with Gasteiger partial charge in [0.25, 0.3) is 5.91 Å². The van der Waals surface area contributed by atoms with E-state index in [9.17, 15) is 4.79 Å². The van der Waals surface area contributed by atoms with E-state index in [2.05, 4.69) is 21.2 Å². The molecule has 1 aromatic carbocycles. The second-order valence-corrected chi connectivity index (χ2v) is 4.80. The lowest BCUT2D eigenvalue weighted by molar-refractivity contribution is 0.0935. The zero-order chi connectivity index (χ0) is 13.1. The molecule has 18 heavy (non-hydrogen) atoms. The maximum Gasteiger partial charge on any atom is 0.251 e. The van der Waals surface area contributed by atoms with E-state index < -0.39 is 0 Å². The minimum atomic E-state index is -0.177. The van der Waals surface area contributed by atoms with E-state index in [1.54, 1.807) is 30.5 Å². The molecule has 1 amide bonds. The molecule has 0 unspecified atom stereocenters. The fourth-order valence-electron chi connectivity index (χ4n) is 1.56. The predicted molar refractivity (Wildman–Crippen MR) is 73.1 cm³/mol. The number of nitrogens with two attached hydrogens (primary N) is 1. The number of halogens is 1. The van der Waals surface area contributed by atoms with Gasteiger partial charge in [0.15, 0.2) is 0 Å². The highest BCUT2D eigenvalue weighted by atomic mass is 79.9. The maximum absolute atomic E-state index is 12.0. The van der Waals surface area contributed by atoms with Crippen molar-refractivity contribution in [3.8, 4) is 0 Å². The third kappa shape index (κ3) is 2.73. The second kappa shape index (κ2) is 5.27. The molecular formula is C13H13BrN2O2. The van der Waals surface area contributed by atoms with Crippen LogP contribution >= 0.6 is 15.9 Å². The van der Waals surface area contributed by atoms with Crippen LogP contribution in [0.15, 0.2) is 45.5 Å². The minimum Gasteiger partial charge on any atom is -0.467 e. The predicted octanol–water partition coefficient (Wildman–Crippen LogP) is 3.12. The first-order valence-electron chi connectivity index (χ1n) is 5.47. The number of carbonyl (C=O) groups excluding carboxylic acids is 1. The van der Waals surface area contributed by atoms with Crippen molar-refractivity contribution < 1.29 is 9.21 Å². The van der Waals surface area contributed by atoms with Gasteiger partial charge in [-0.25, -0.2) is 0 Å². The van der Waals surface area contributed by atoms with Crippen LogP contribution in [0.1, 0.15) is 29.1 Å². The van der Waals surface area contributed by atoms with Crippen LogP contribution in [0.5, 0.6) is 0 Å². The van der Waals surface area contributed by atoms with Gasteiger partial charge in [0.2, 0.25) is 0 Å². The molecule has 2 aromatic rings. The summed E-state index contributed by atoms with van der Waals surface area (Å²) >= 11 is 3.30. The van der Waals surface area contributed by atoms with Gasteiger partial charge in [-0.1, -0.05) is 0 Å². The highest BCUT2D eigenvalue weighted by Crippen LogP contribution is 2.21. The van der Waals surface area contributed by atoms with Gasteiger partial charge in [-0.2, -0.15) is 0 Å². The van der Waals surface area contributed by atoms with Crippen LogP contribution in [0.25, 0.3) is 0 Å². The number of hydrogen-bond donors (Lipinski definition) is 2. The molecule has 1 atom stereocenters. The van der Waals surface area contributed by atoms with Gasteiger partial charge in [-0.3, -0.25) is 4.79 Å². The Morgan fingerprint density at radius 2 is 2.22 bits per heavy atom. The lowest BCUT2D eigenvalue weighted by Crippen LogP contribution is -2.26. The van der Waals surface area contributed by atoms with Crippen LogP contribution in [0.4, 0.5) is 5.69 Å². The molecule has 0 radical (unpaired) electrons. The Morgan fingerprint density at radius 3 is 2.83 bits per heavy atom. The SMILES string of the molecule is C[C@@H](NC(=O)c1ccc(N)c(Br)c1)c1ccco1. The molecule has 0 fully saturated rings. The molecular weight excluding hydrogens is 296 g/mol. The monoisotopic (exact) mass is 308 g/mol. The number of nitrogens with one attached hydrogen (secondary N) is 1. The van der Waals surface area contributed by atoms with Crippen molar-refractivity contribution in [2.24, 2.45) is 0 Å². The molecule has 0 aliphatic rings. The Labute approximate surface area is 113 Å². The quantitative estimate of drug-likeness (QED) is 0.856. The average Bonchev–Trinajstić information content (AvgIpc) is 2.86. The fraction of sp³-hybridized carbons (Fsp3) is 0.154. The number of nitrogen functional groups attached to an aromatic ring is 1. The van der Waals surface area contributed by atoms with Crippen molar-refractivity contribution in [2.75, 3.05) is 5.73 Å². The van der Waals surface area contributed by atoms with E-state index in [-0.39, 0.29) is 11.9 Å². The number of hydrogen-bond acceptors (Lipinski definition) is 3. The number of anilines is 1. The lowest BCUT2D eigenvalue weighted by atomic mass is 10.1. The minimum absolute atomic E-state index is 0.167. The van der Waals surface area contributed by atoms with E-state index in [0.29, 0.717) is 15.7 Å². The standard InChI is InChI=1S/C13H13BrN2O2/c1-8(12-3-2-6-18-12)16-13(17)9-4-5-11(15)10(14)7-9/h2-8H,15H2,1H3,(H,16,17)/t8-/m1/s1. The first-order valence-corrected chi connectivity index (χ1v) is 6.26. The summed E-state index contributed by atoms with van der Waals surface area (Å²) in [6.45, 7) is 1.86. The molecule has 0 spiro atoms. The molecule has 4 nitrogen and oxygen atoms in total. The van der Waals surface area contributed by atoms with E-state index in [1.807, 2.05) is 13.0 Å². The summed E-state index contributed by atoms with van der Waals surface area (Å²) in [5.74, 6) is 0.553. The summed E-state index contributed by atoms with van der Waals surface area (Å²) in [4.78, 5) is 12.0. The number of carbonyl (C=O) groups is 1. The number of rotatable bonds is 3. The molecule has 5 heteroatoms. The summed E-state index contributed by atoms with van der Waals surface area (Å²) in [5.41, 5.74) is 6.83. The van der Waals surface area contributed by atoms with Crippen LogP contribution in [-0.2, 0) is 0 Å². The van der Waals surface area contributed by atoms with E-state index >= 15 is 0 Å². The normalized spacial score (nSPS) is 12.1. The van der Waals surface area contributed by atoms with E-state index in [0.717, 1.165) is 5.76 Å². The Balaban J connectivity index is 2.10. The Kier molecular flexibility index (Phi) is 3.72. The topological polar surface area (TPSA) is 68.3 Å². The molecule has 0 bridgehead atoms. The third-order valence-electron chi connectivity index (χ3n) is 2.58. The molecule has 3 N–H and O–H groups in total. The molecule has 94 valence electrons. The van der Waals surface area contributed by atoms with Crippen molar-refractivity contribution in [1.82, 2.24) is 5.32 Å². The molecule has 2 rings (SSSR count). The summed E-state index contributed by atoms with van der Waals surface area (Å²) < 4.78 is 5.94. The van der Waals surface area contributed by atoms with E-state index in [1.165, 1.54) is 0 Å². The van der Waals surface area contributed by atoms with Crippen LogP contribution in [0.2, 0.25) is 0 Å². The van der Waals surface area contributed by atoms with Crippen molar-refractivity contribution in [3.63, 3.8) is 0 Å². The van der Waals surface area contributed by atoms with Gasteiger partial charge in [-0.15, -0.1) is 0 Å². The number of benzene rings is 1. The first-order chi connectivity index (χ1) is 8.58. The van der Waals surface area contributed by atoms with Gasteiger partial charge < -0.3 is 15.5 Å². The largest absolute Gasteiger partial charge is 0.467 e.